The third-order valence-electron chi connectivity index (χ3n) is 2.29. The highest BCUT2D eigenvalue weighted by Gasteiger charge is 2.23. The summed E-state index contributed by atoms with van der Waals surface area (Å²) in [6.45, 7) is 2.67. The fourth-order valence-corrected chi connectivity index (χ4v) is 1.34. The van der Waals surface area contributed by atoms with Crippen LogP contribution in [0.15, 0.2) is 18.2 Å². The number of rotatable bonds is 3. The van der Waals surface area contributed by atoms with E-state index in [2.05, 4.69) is 13.0 Å². The minimum absolute atomic E-state index is 0.474. The van der Waals surface area contributed by atoms with E-state index in [0.717, 1.165) is 5.75 Å². The molecule has 0 spiro atoms. The van der Waals surface area contributed by atoms with Gasteiger partial charge in [0.15, 0.2) is 0 Å². The summed E-state index contributed by atoms with van der Waals surface area (Å²) in [6.07, 6.45) is 2.89. The molecule has 0 radical (unpaired) electrons. The van der Waals surface area contributed by atoms with Crippen molar-refractivity contribution in [2.75, 3.05) is 0 Å². The van der Waals surface area contributed by atoms with Gasteiger partial charge in [-0.15, -0.1) is 0 Å². The van der Waals surface area contributed by atoms with Crippen molar-refractivity contribution in [2.45, 2.75) is 32.4 Å². The van der Waals surface area contributed by atoms with E-state index in [9.17, 15) is 0 Å². The van der Waals surface area contributed by atoms with E-state index in [-0.39, 0.29) is 0 Å². The van der Waals surface area contributed by atoms with E-state index in [0.29, 0.717) is 12.6 Å². The SMILES string of the molecule is Cc1cc(CN)ccc1OC1CC1. The molecule has 0 amide bonds. The lowest BCUT2D eigenvalue weighted by Gasteiger charge is -2.08. The Morgan fingerprint density at radius 1 is 1.46 bits per heavy atom. The molecular weight excluding hydrogens is 162 g/mol. The van der Waals surface area contributed by atoms with Crippen molar-refractivity contribution in [3.05, 3.63) is 29.3 Å². The second-order valence-electron chi connectivity index (χ2n) is 3.62. The maximum atomic E-state index is 5.71. The predicted octanol–water partition coefficient (Wildman–Crippen LogP) is 1.99. The number of nitrogens with two attached hydrogens (primary N) is 1. The number of hydrogen-bond acceptors (Lipinski definition) is 2. The molecule has 0 unspecified atom stereocenters. The molecule has 0 aliphatic heterocycles. The number of hydrogen-bond donors (Lipinski definition) is 1. The van der Waals surface area contributed by atoms with Gasteiger partial charge in [-0.05, 0) is 37.0 Å². The zero-order valence-electron chi connectivity index (χ0n) is 7.92. The van der Waals surface area contributed by atoms with Gasteiger partial charge in [0.1, 0.15) is 5.75 Å². The average Bonchev–Trinajstić information content (AvgIpc) is 2.92. The molecule has 1 saturated carbocycles. The Balaban J connectivity index is 2.15. The zero-order valence-corrected chi connectivity index (χ0v) is 7.92. The Bertz CT molecular complexity index is 305. The maximum Gasteiger partial charge on any atom is 0.122 e. The second kappa shape index (κ2) is 3.38. The van der Waals surface area contributed by atoms with Gasteiger partial charge in [0.2, 0.25) is 0 Å². The molecule has 0 heterocycles. The molecule has 1 aliphatic rings. The highest BCUT2D eigenvalue weighted by atomic mass is 16.5. The molecule has 1 aromatic carbocycles. The van der Waals surface area contributed by atoms with Gasteiger partial charge in [-0.3, -0.25) is 0 Å². The normalized spacial score (nSPS) is 15.8. The largest absolute Gasteiger partial charge is 0.490 e. The summed E-state index contributed by atoms with van der Waals surface area (Å²) in [5.74, 6) is 1.01. The smallest absolute Gasteiger partial charge is 0.122 e. The fourth-order valence-electron chi connectivity index (χ4n) is 1.34. The van der Waals surface area contributed by atoms with Gasteiger partial charge in [-0.25, -0.2) is 0 Å². The molecule has 1 aromatic rings. The second-order valence-corrected chi connectivity index (χ2v) is 3.62. The summed E-state index contributed by atoms with van der Waals surface area (Å²) >= 11 is 0. The molecule has 13 heavy (non-hydrogen) atoms. The van der Waals surface area contributed by atoms with E-state index in [1.165, 1.54) is 24.0 Å². The summed E-state index contributed by atoms with van der Waals surface area (Å²) in [5.41, 5.74) is 7.90. The quantitative estimate of drug-likeness (QED) is 0.766. The number of ether oxygens (including phenoxy) is 1. The van der Waals surface area contributed by atoms with Gasteiger partial charge in [-0.1, -0.05) is 12.1 Å². The Morgan fingerprint density at radius 3 is 2.77 bits per heavy atom. The summed E-state index contributed by atoms with van der Waals surface area (Å²) in [5, 5.41) is 0. The summed E-state index contributed by atoms with van der Waals surface area (Å²) in [4.78, 5) is 0. The molecule has 1 fully saturated rings. The van der Waals surface area contributed by atoms with Crippen LogP contribution in [0.2, 0.25) is 0 Å². The van der Waals surface area contributed by atoms with E-state index >= 15 is 0 Å². The van der Waals surface area contributed by atoms with Crippen LogP contribution >= 0.6 is 0 Å². The van der Waals surface area contributed by atoms with Crippen molar-refractivity contribution in [1.29, 1.82) is 0 Å². The van der Waals surface area contributed by atoms with E-state index < -0.39 is 0 Å². The first-order valence-electron chi connectivity index (χ1n) is 4.76. The van der Waals surface area contributed by atoms with Crippen molar-refractivity contribution in [3.63, 3.8) is 0 Å². The van der Waals surface area contributed by atoms with Crippen molar-refractivity contribution in [2.24, 2.45) is 5.73 Å². The number of aryl methyl sites for hydroxylation is 1. The molecule has 2 N–H and O–H groups in total. The minimum atomic E-state index is 0.474. The molecule has 0 bridgehead atoms. The highest BCUT2D eigenvalue weighted by Crippen LogP contribution is 2.29. The first kappa shape index (κ1) is 8.57. The van der Waals surface area contributed by atoms with Gasteiger partial charge >= 0.3 is 0 Å². The van der Waals surface area contributed by atoms with Crippen molar-refractivity contribution in [1.82, 2.24) is 0 Å². The number of benzene rings is 1. The van der Waals surface area contributed by atoms with Gasteiger partial charge in [0.25, 0.3) is 0 Å². The molecule has 2 heteroatoms. The fraction of sp³-hybridized carbons (Fsp3) is 0.455. The topological polar surface area (TPSA) is 35.2 Å². The Hall–Kier alpha value is -1.02. The summed E-state index contributed by atoms with van der Waals surface area (Å²) in [6, 6.07) is 6.15. The van der Waals surface area contributed by atoms with Crippen LogP contribution < -0.4 is 10.5 Å². The van der Waals surface area contributed by atoms with Gasteiger partial charge < -0.3 is 10.5 Å². The summed E-state index contributed by atoms with van der Waals surface area (Å²) in [7, 11) is 0. The Kier molecular flexibility index (Phi) is 2.23. The molecule has 2 nitrogen and oxygen atoms in total. The standard InChI is InChI=1S/C11H15NO/c1-8-6-9(7-12)2-5-11(8)13-10-3-4-10/h2,5-6,10H,3-4,7,12H2,1H3. The Labute approximate surface area is 78.7 Å². The van der Waals surface area contributed by atoms with Crippen molar-refractivity contribution < 1.29 is 4.74 Å². The van der Waals surface area contributed by atoms with Crippen LogP contribution in [0.25, 0.3) is 0 Å². The molecule has 0 saturated heterocycles. The highest BCUT2D eigenvalue weighted by molar-refractivity contribution is 5.36. The van der Waals surface area contributed by atoms with Crippen LogP contribution in [-0.2, 0) is 6.54 Å². The maximum absolute atomic E-state index is 5.71. The zero-order chi connectivity index (χ0) is 9.26. The van der Waals surface area contributed by atoms with Crippen LogP contribution in [-0.4, -0.2) is 6.10 Å². The lowest BCUT2D eigenvalue weighted by Crippen LogP contribution is -2.00. The third-order valence-corrected chi connectivity index (χ3v) is 2.29. The van der Waals surface area contributed by atoms with Crippen LogP contribution in [0, 0.1) is 6.92 Å². The van der Waals surface area contributed by atoms with Gasteiger partial charge in [0, 0.05) is 6.54 Å². The van der Waals surface area contributed by atoms with Gasteiger partial charge in [-0.2, -0.15) is 0 Å². The van der Waals surface area contributed by atoms with E-state index in [1.807, 2.05) is 12.1 Å². The van der Waals surface area contributed by atoms with Crippen molar-refractivity contribution in [3.8, 4) is 5.75 Å². The Morgan fingerprint density at radius 2 is 2.23 bits per heavy atom. The van der Waals surface area contributed by atoms with E-state index in [4.69, 9.17) is 10.5 Å². The van der Waals surface area contributed by atoms with Crippen LogP contribution in [0.3, 0.4) is 0 Å². The van der Waals surface area contributed by atoms with Crippen molar-refractivity contribution >= 4 is 0 Å². The lowest BCUT2D eigenvalue weighted by molar-refractivity contribution is 0.301. The monoisotopic (exact) mass is 177 g/mol. The molecule has 1 aliphatic carbocycles. The molecule has 2 rings (SSSR count). The summed E-state index contributed by atoms with van der Waals surface area (Å²) < 4.78 is 5.71. The molecule has 70 valence electrons. The predicted molar refractivity (Wildman–Crippen MR) is 52.7 cm³/mol. The average molecular weight is 177 g/mol. The van der Waals surface area contributed by atoms with Crippen LogP contribution in [0.1, 0.15) is 24.0 Å². The molecule has 0 aromatic heterocycles. The minimum Gasteiger partial charge on any atom is -0.490 e. The first-order valence-corrected chi connectivity index (χ1v) is 4.76. The first-order chi connectivity index (χ1) is 6.29. The third kappa shape index (κ3) is 2.01. The lowest BCUT2D eigenvalue weighted by atomic mass is 10.1. The van der Waals surface area contributed by atoms with Gasteiger partial charge in [0.05, 0.1) is 6.10 Å². The molecule has 0 atom stereocenters. The van der Waals surface area contributed by atoms with Crippen LogP contribution in [0.4, 0.5) is 0 Å². The van der Waals surface area contributed by atoms with Crippen LogP contribution in [0.5, 0.6) is 5.75 Å². The van der Waals surface area contributed by atoms with E-state index in [1.54, 1.807) is 0 Å². The molecular formula is C11H15NO.